The van der Waals surface area contributed by atoms with E-state index < -0.39 is 0 Å². The van der Waals surface area contributed by atoms with E-state index in [0.717, 1.165) is 23.6 Å². The molecule has 0 saturated heterocycles. The lowest BCUT2D eigenvalue weighted by atomic mass is 10.2. The number of halogens is 1. The van der Waals surface area contributed by atoms with Crippen molar-refractivity contribution in [2.75, 3.05) is 11.9 Å². The Labute approximate surface area is 105 Å². The average Bonchev–Trinajstić information content (AvgIpc) is 2.36. The van der Waals surface area contributed by atoms with Crippen molar-refractivity contribution >= 4 is 5.82 Å². The molecule has 4 nitrogen and oxygen atoms in total. The molecule has 94 valence electrons. The van der Waals surface area contributed by atoms with Gasteiger partial charge in [0.15, 0.2) is 5.82 Å². The van der Waals surface area contributed by atoms with E-state index in [2.05, 4.69) is 20.3 Å². The van der Waals surface area contributed by atoms with Crippen molar-refractivity contribution in [2.24, 2.45) is 0 Å². The fourth-order valence-electron chi connectivity index (χ4n) is 1.59. The molecule has 0 aromatic carbocycles. The van der Waals surface area contributed by atoms with Gasteiger partial charge in [0.2, 0.25) is 0 Å². The lowest BCUT2D eigenvalue weighted by Crippen LogP contribution is -2.06. The Morgan fingerprint density at radius 3 is 2.61 bits per heavy atom. The third kappa shape index (κ3) is 2.45. The van der Waals surface area contributed by atoms with Gasteiger partial charge in [0, 0.05) is 17.8 Å². The maximum Gasteiger partial charge on any atom is 0.180 e. The highest BCUT2D eigenvalue weighted by Gasteiger charge is 2.10. The third-order valence-corrected chi connectivity index (χ3v) is 2.69. The van der Waals surface area contributed by atoms with Crippen molar-refractivity contribution in [2.45, 2.75) is 20.8 Å². The summed E-state index contributed by atoms with van der Waals surface area (Å²) in [6, 6.07) is 2.93. The van der Waals surface area contributed by atoms with Crippen LogP contribution in [0.5, 0.6) is 0 Å². The summed E-state index contributed by atoms with van der Waals surface area (Å²) in [5.41, 5.74) is 2.48. The molecule has 0 aliphatic rings. The number of pyridine rings is 1. The fraction of sp³-hybridized carbons (Fsp3) is 0.308. The summed E-state index contributed by atoms with van der Waals surface area (Å²) in [6.07, 6.45) is 1.17. The summed E-state index contributed by atoms with van der Waals surface area (Å²) >= 11 is 0. The number of rotatable bonds is 3. The Kier molecular flexibility index (Phi) is 3.50. The minimum atomic E-state index is -0.366. The van der Waals surface area contributed by atoms with Gasteiger partial charge in [0.05, 0.1) is 6.20 Å². The second-order valence-electron chi connectivity index (χ2n) is 4.00. The Morgan fingerprint density at radius 1 is 1.22 bits per heavy atom. The zero-order chi connectivity index (χ0) is 13.1. The molecule has 0 unspecified atom stereocenters. The average molecular weight is 246 g/mol. The molecule has 0 radical (unpaired) electrons. The molecule has 0 amide bonds. The lowest BCUT2D eigenvalue weighted by molar-refractivity contribution is 0.621. The van der Waals surface area contributed by atoms with Crippen LogP contribution >= 0.6 is 0 Å². The first-order valence-corrected chi connectivity index (χ1v) is 5.83. The van der Waals surface area contributed by atoms with Crippen molar-refractivity contribution in [1.29, 1.82) is 0 Å². The van der Waals surface area contributed by atoms with Crippen molar-refractivity contribution < 1.29 is 4.39 Å². The van der Waals surface area contributed by atoms with E-state index in [1.54, 1.807) is 6.07 Å². The first-order valence-electron chi connectivity index (χ1n) is 5.83. The Hall–Kier alpha value is -2.04. The molecular formula is C13H15FN4. The van der Waals surface area contributed by atoms with Gasteiger partial charge in [-0.25, -0.2) is 19.3 Å². The quantitative estimate of drug-likeness (QED) is 0.904. The van der Waals surface area contributed by atoms with E-state index in [4.69, 9.17) is 0 Å². The summed E-state index contributed by atoms with van der Waals surface area (Å²) in [4.78, 5) is 12.8. The minimum Gasteiger partial charge on any atom is -0.370 e. The van der Waals surface area contributed by atoms with Crippen molar-refractivity contribution in [3.05, 3.63) is 35.4 Å². The molecule has 0 atom stereocenters. The Bertz CT molecular complexity index is 552. The van der Waals surface area contributed by atoms with Crippen molar-refractivity contribution in [3.63, 3.8) is 0 Å². The summed E-state index contributed by atoms with van der Waals surface area (Å²) in [7, 11) is 0. The van der Waals surface area contributed by atoms with E-state index in [1.165, 1.54) is 12.3 Å². The van der Waals surface area contributed by atoms with Crippen LogP contribution in [0.4, 0.5) is 10.2 Å². The maximum atomic E-state index is 12.8. The molecule has 1 N–H and O–H groups in total. The van der Waals surface area contributed by atoms with Gasteiger partial charge < -0.3 is 5.32 Å². The number of hydrogen-bond acceptors (Lipinski definition) is 4. The molecule has 0 bridgehead atoms. The standard InChI is InChI=1S/C13H15FN4/c1-4-15-12-8(2)9(3)17-13(18-12)11-6-5-10(14)7-16-11/h5-7H,4H2,1-3H3,(H,15,17,18). The third-order valence-electron chi connectivity index (χ3n) is 2.69. The first kappa shape index (κ1) is 12.4. The van der Waals surface area contributed by atoms with E-state index >= 15 is 0 Å². The van der Waals surface area contributed by atoms with Crippen LogP contribution in [-0.4, -0.2) is 21.5 Å². The predicted molar refractivity (Wildman–Crippen MR) is 68.9 cm³/mol. The van der Waals surface area contributed by atoms with Gasteiger partial charge in [0.25, 0.3) is 0 Å². The first-order chi connectivity index (χ1) is 8.61. The molecule has 0 aliphatic carbocycles. The normalized spacial score (nSPS) is 10.4. The minimum absolute atomic E-state index is 0.366. The van der Waals surface area contributed by atoms with Crippen LogP contribution in [0.25, 0.3) is 11.5 Å². The van der Waals surface area contributed by atoms with Gasteiger partial charge in [-0.3, -0.25) is 0 Å². The van der Waals surface area contributed by atoms with Crippen LogP contribution in [0.1, 0.15) is 18.2 Å². The van der Waals surface area contributed by atoms with Gasteiger partial charge in [0.1, 0.15) is 17.3 Å². The Morgan fingerprint density at radius 2 is 2.00 bits per heavy atom. The van der Waals surface area contributed by atoms with E-state index in [-0.39, 0.29) is 5.82 Å². The Balaban J connectivity index is 2.48. The van der Waals surface area contributed by atoms with Crippen molar-refractivity contribution in [1.82, 2.24) is 15.0 Å². The van der Waals surface area contributed by atoms with Crippen LogP contribution < -0.4 is 5.32 Å². The number of nitrogens with one attached hydrogen (secondary N) is 1. The molecule has 5 heteroatoms. The largest absolute Gasteiger partial charge is 0.370 e. The molecule has 2 heterocycles. The summed E-state index contributed by atoms with van der Waals surface area (Å²) in [5.74, 6) is 0.940. The SMILES string of the molecule is CCNc1nc(-c2ccc(F)cn2)nc(C)c1C. The van der Waals surface area contributed by atoms with E-state index in [0.29, 0.717) is 11.5 Å². The maximum absolute atomic E-state index is 12.8. The predicted octanol–water partition coefficient (Wildman–Crippen LogP) is 2.73. The number of hydrogen-bond donors (Lipinski definition) is 1. The summed E-state index contributed by atoms with van der Waals surface area (Å²) < 4.78 is 12.8. The van der Waals surface area contributed by atoms with Gasteiger partial charge >= 0.3 is 0 Å². The van der Waals surface area contributed by atoms with Gasteiger partial charge in [-0.2, -0.15) is 0 Å². The number of anilines is 1. The molecule has 0 aliphatic heterocycles. The highest BCUT2D eigenvalue weighted by Crippen LogP contribution is 2.20. The number of aryl methyl sites for hydroxylation is 1. The van der Waals surface area contributed by atoms with Crippen LogP contribution in [0.2, 0.25) is 0 Å². The molecule has 2 rings (SSSR count). The lowest BCUT2D eigenvalue weighted by Gasteiger charge is -2.10. The summed E-state index contributed by atoms with van der Waals surface area (Å²) in [6.45, 7) is 6.68. The molecule has 2 aromatic rings. The molecule has 0 spiro atoms. The van der Waals surface area contributed by atoms with Crippen LogP contribution in [-0.2, 0) is 0 Å². The van der Waals surface area contributed by atoms with E-state index in [9.17, 15) is 4.39 Å². The van der Waals surface area contributed by atoms with Gasteiger partial charge in [-0.1, -0.05) is 0 Å². The highest BCUT2D eigenvalue weighted by atomic mass is 19.1. The van der Waals surface area contributed by atoms with Gasteiger partial charge in [-0.15, -0.1) is 0 Å². The fourth-order valence-corrected chi connectivity index (χ4v) is 1.59. The van der Waals surface area contributed by atoms with Crippen LogP contribution in [0.3, 0.4) is 0 Å². The number of nitrogens with zero attached hydrogens (tertiary/aromatic N) is 3. The van der Waals surface area contributed by atoms with Crippen molar-refractivity contribution in [3.8, 4) is 11.5 Å². The van der Waals surface area contributed by atoms with E-state index in [1.807, 2.05) is 20.8 Å². The van der Waals surface area contributed by atoms with Crippen LogP contribution in [0.15, 0.2) is 18.3 Å². The second-order valence-corrected chi connectivity index (χ2v) is 4.00. The topological polar surface area (TPSA) is 50.7 Å². The zero-order valence-electron chi connectivity index (χ0n) is 10.7. The molecule has 0 fully saturated rings. The smallest absolute Gasteiger partial charge is 0.180 e. The molecule has 0 saturated carbocycles. The van der Waals surface area contributed by atoms with Gasteiger partial charge in [-0.05, 0) is 32.9 Å². The highest BCUT2D eigenvalue weighted by molar-refractivity contribution is 5.56. The summed E-state index contributed by atoms with van der Waals surface area (Å²) in [5, 5.41) is 3.19. The van der Waals surface area contributed by atoms with Crippen LogP contribution in [0, 0.1) is 19.7 Å². The zero-order valence-corrected chi connectivity index (χ0v) is 10.7. The molecule has 18 heavy (non-hydrogen) atoms. The number of aromatic nitrogens is 3. The monoisotopic (exact) mass is 246 g/mol. The molecule has 2 aromatic heterocycles. The second kappa shape index (κ2) is 5.08. The molecular weight excluding hydrogens is 231 g/mol.